The Hall–Kier alpha value is -1.18. The first-order chi connectivity index (χ1) is 27.4. The fourth-order valence-electron chi connectivity index (χ4n) is 17.9. The summed E-state index contributed by atoms with van der Waals surface area (Å²) >= 11 is 0. The third-order valence-corrected chi connectivity index (χ3v) is 21.2. The second-order valence-corrected chi connectivity index (χ2v) is 23.5. The van der Waals surface area contributed by atoms with Crippen molar-refractivity contribution in [1.82, 2.24) is 0 Å². The van der Waals surface area contributed by atoms with Crippen LogP contribution in [0.2, 0.25) is 0 Å². The molecule has 8 fully saturated rings. The molecule has 8 aliphatic rings. The van der Waals surface area contributed by atoms with Crippen LogP contribution in [0.15, 0.2) is 0 Å². The van der Waals surface area contributed by atoms with Gasteiger partial charge in [0.25, 0.3) is 0 Å². The van der Waals surface area contributed by atoms with Crippen molar-refractivity contribution in [3.63, 3.8) is 0 Å². The molecule has 7 nitrogen and oxygen atoms in total. The molecule has 0 radical (unpaired) electrons. The van der Waals surface area contributed by atoms with E-state index < -0.39 is 0 Å². The number of hydrogen-bond donors (Lipinski definition) is 3. The molecule has 0 aliphatic heterocycles. The number of ether oxygens (including phenoxy) is 2. The maximum Gasteiger partial charge on any atom is 0.305 e. The largest absolute Gasteiger partial charge is 0.469 e. The van der Waals surface area contributed by atoms with Crippen LogP contribution in [0.4, 0.5) is 0 Å². The highest BCUT2D eigenvalue weighted by Crippen LogP contribution is 2.70. The number of methoxy groups -OCH3 is 2. The molecular formula is C51H86O7. The SMILES string of the molecule is COC(=O)CC[C@@H](C)[C@H]1CCC2C3C(CC[C@@]21C)[C@@]1(C)CC[C@@H](C)C[C@H]1C[C@@H]3O.COC(=O)CC[C@@H](C)[C@H]1CCC2C3C(CC[C@@]21C)[C@@]1(C)CC[C@@H](O)C[C@H]1C[C@@H]3O. The zero-order chi connectivity index (χ0) is 41.9. The van der Waals surface area contributed by atoms with Gasteiger partial charge in [0.15, 0.2) is 0 Å². The van der Waals surface area contributed by atoms with E-state index in [1.807, 2.05) is 0 Å². The predicted molar refractivity (Wildman–Crippen MR) is 229 cm³/mol. The summed E-state index contributed by atoms with van der Waals surface area (Å²) < 4.78 is 9.74. The number of carbonyl (C=O) groups is 2. The van der Waals surface area contributed by atoms with Crippen molar-refractivity contribution in [2.75, 3.05) is 14.2 Å². The van der Waals surface area contributed by atoms with Crippen molar-refractivity contribution in [1.29, 1.82) is 0 Å². The number of carbonyl (C=O) groups excluding carboxylic acids is 2. The minimum Gasteiger partial charge on any atom is -0.469 e. The van der Waals surface area contributed by atoms with Gasteiger partial charge in [-0.05, 0) is 208 Å². The first kappa shape index (κ1) is 44.9. The highest BCUT2D eigenvalue weighted by molar-refractivity contribution is 5.69. The van der Waals surface area contributed by atoms with Crippen LogP contribution in [-0.2, 0) is 19.1 Å². The van der Waals surface area contributed by atoms with Crippen molar-refractivity contribution in [2.45, 2.75) is 195 Å². The van der Waals surface area contributed by atoms with Gasteiger partial charge in [0.2, 0.25) is 0 Å². The maximum absolute atomic E-state index is 11.7. The molecule has 3 N–H and O–H groups in total. The van der Waals surface area contributed by atoms with E-state index in [-0.39, 0.29) is 35.7 Å². The lowest BCUT2D eigenvalue weighted by atomic mass is 9.43. The molecule has 0 amide bonds. The number of hydrogen-bond acceptors (Lipinski definition) is 7. The van der Waals surface area contributed by atoms with E-state index in [1.54, 1.807) is 0 Å². The molecule has 6 unspecified atom stereocenters. The van der Waals surface area contributed by atoms with E-state index in [2.05, 4.69) is 48.5 Å². The molecule has 58 heavy (non-hydrogen) atoms. The lowest BCUT2D eigenvalue weighted by Crippen LogP contribution is -2.58. The molecule has 0 heterocycles. The highest BCUT2D eigenvalue weighted by Gasteiger charge is 2.64. The molecule has 20 atom stereocenters. The second-order valence-electron chi connectivity index (χ2n) is 23.5. The van der Waals surface area contributed by atoms with Crippen LogP contribution in [0.25, 0.3) is 0 Å². The summed E-state index contributed by atoms with van der Waals surface area (Å²) in [5, 5.41) is 32.9. The zero-order valence-corrected chi connectivity index (χ0v) is 38.4. The van der Waals surface area contributed by atoms with E-state index in [0.717, 1.165) is 56.8 Å². The van der Waals surface area contributed by atoms with Gasteiger partial charge in [-0.25, -0.2) is 0 Å². The Kier molecular flexibility index (Phi) is 13.3. The van der Waals surface area contributed by atoms with Crippen molar-refractivity contribution in [2.24, 2.45) is 98.6 Å². The third-order valence-electron chi connectivity index (χ3n) is 21.2. The predicted octanol–water partition coefficient (Wildman–Crippen LogP) is 10.4. The van der Waals surface area contributed by atoms with Gasteiger partial charge in [0.1, 0.15) is 0 Å². The van der Waals surface area contributed by atoms with Gasteiger partial charge >= 0.3 is 11.9 Å². The van der Waals surface area contributed by atoms with Crippen LogP contribution in [0, 0.1) is 98.6 Å². The van der Waals surface area contributed by atoms with E-state index in [1.165, 1.54) is 84.8 Å². The summed E-state index contributed by atoms with van der Waals surface area (Å²) in [5.41, 5.74) is 1.36. The molecule has 0 spiro atoms. The van der Waals surface area contributed by atoms with E-state index in [4.69, 9.17) is 9.47 Å². The standard InChI is InChI=1S/C26H44O3.C25H42O4/c1-16-10-12-25(3)18(14-16)15-22(27)24-20-8-7-19(17(2)6-9-23(28)29-5)26(20,4)13-11-21(24)25;1-15(5-8-22(28)29-4)18-6-7-19-23-20(10-12-25(18,19)3)24(2)11-9-17(26)13-16(24)14-21(23)27/h16-22,24,27H,6-15H2,1-5H3;15-21,23,26-27H,5-14H2,1-4H3/t16-,17-,18+,19-,20?,21?,22+,24?,25+,26-;15-,16+,17-,18-,19?,20?,21+,23?,24+,25-/m11/s1. The summed E-state index contributed by atoms with van der Waals surface area (Å²) in [6.45, 7) is 17.2. The summed E-state index contributed by atoms with van der Waals surface area (Å²) in [6, 6.07) is 0. The Bertz CT molecular complexity index is 1340. The fourth-order valence-corrected chi connectivity index (χ4v) is 17.9. The molecule has 0 aromatic carbocycles. The normalized spacial score (nSPS) is 50.2. The summed E-state index contributed by atoms with van der Waals surface area (Å²) in [4.78, 5) is 23.3. The quantitative estimate of drug-likeness (QED) is 0.209. The van der Waals surface area contributed by atoms with E-state index in [0.29, 0.717) is 94.2 Å². The molecule has 332 valence electrons. The Morgan fingerprint density at radius 1 is 0.552 bits per heavy atom. The Balaban J connectivity index is 0.000000177. The fraction of sp³-hybridized carbons (Fsp3) is 0.961. The van der Waals surface area contributed by atoms with Crippen LogP contribution >= 0.6 is 0 Å². The lowest BCUT2D eigenvalue weighted by Gasteiger charge is -2.62. The number of esters is 2. The Morgan fingerprint density at radius 3 is 1.40 bits per heavy atom. The average Bonchev–Trinajstić information content (AvgIpc) is 3.74. The second kappa shape index (κ2) is 17.2. The summed E-state index contributed by atoms with van der Waals surface area (Å²) in [5.74, 6) is 7.77. The van der Waals surface area contributed by atoms with Crippen LogP contribution in [0.5, 0.6) is 0 Å². The van der Waals surface area contributed by atoms with E-state index >= 15 is 0 Å². The number of rotatable bonds is 8. The van der Waals surface area contributed by atoms with Crippen molar-refractivity contribution >= 4 is 11.9 Å². The highest BCUT2D eigenvalue weighted by atomic mass is 16.5. The van der Waals surface area contributed by atoms with Gasteiger partial charge in [0, 0.05) is 12.8 Å². The molecule has 7 heteroatoms. The summed E-state index contributed by atoms with van der Waals surface area (Å²) in [7, 11) is 2.97. The molecule has 0 bridgehead atoms. The molecule has 0 saturated heterocycles. The first-order valence-electron chi connectivity index (χ1n) is 24.6. The van der Waals surface area contributed by atoms with Crippen molar-refractivity contribution < 1.29 is 34.4 Å². The topological polar surface area (TPSA) is 113 Å². The van der Waals surface area contributed by atoms with Crippen molar-refractivity contribution in [3.05, 3.63) is 0 Å². The van der Waals surface area contributed by atoms with Crippen LogP contribution in [0.1, 0.15) is 177 Å². The Labute approximate surface area is 353 Å². The maximum atomic E-state index is 11.7. The van der Waals surface area contributed by atoms with Crippen LogP contribution in [-0.4, -0.2) is 59.8 Å². The third kappa shape index (κ3) is 7.78. The van der Waals surface area contributed by atoms with Crippen LogP contribution in [0.3, 0.4) is 0 Å². The molecule has 0 aromatic heterocycles. The van der Waals surface area contributed by atoms with E-state index in [9.17, 15) is 24.9 Å². The number of aliphatic hydroxyl groups excluding tert-OH is 3. The molecule has 8 saturated carbocycles. The molecule has 0 aromatic rings. The van der Waals surface area contributed by atoms with Gasteiger partial charge in [-0.3, -0.25) is 9.59 Å². The first-order valence-corrected chi connectivity index (χ1v) is 24.6. The summed E-state index contributed by atoms with van der Waals surface area (Å²) in [6.07, 6.45) is 21.5. The van der Waals surface area contributed by atoms with Gasteiger partial charge < -0.3 is 24.8 Å². The van der Waals surface area contributed by atoms with Gasteiger partial charge in [-0.1, -0.05) is 54.9 Å². The monoisotopic (exact) mass is 811 g/mol. The van der Waals surface area contributed by atoms with Crippen LogP contribution < -0.4 is 0 Å². The average molecular weight is 811 g/mol. The molecule has 8 rings (SSSR count). The minimum atomic E-state index is -0.211. The minimum absolute atomic E-state index is 0.0755. The smallest absolute Gasteiger partial charge is 0.305 e. The zero-order valence-electron chi connectivity index (χ0n) is 38.4. The lowest BCUT2D eigenvalue weighted by molar-refractivity contribution is -0.174. The van der Waals surface area contributed by atoms with Crippen molar-refractivity contribution in [3.8, 4) is 0 Å². The molecule has 8 aliphatic carbocycles. The van der Waals surface area contributed by atoms with Gasteiger partial charge in [0.05, 0.1) is 32.5 Å². The van der Waals surface area contributed by atoms with Gasteiger partial charge in [-0.15, -0.1) is 0 Å². The number of fused-ring (bicyclic) bond motifs is 10. The van der Waals surface area contributed by atoms with Gasteiger partial charge in [-0.2, -0.15) is 0 Å². The molecular weight excluding hydrogens is 725 g/mol. The Morgan fingerprint density at radius 2 is 0.948 bits per heavy atom. The number of aliphatic hydroxyl groups is 3.